The van der Waals surface area contributed by atoms with Gasteiger partial charge in [-0.05, 0) is 6.42 Å². The summed E-state index contributed by atoms with van der Waals surface area (Å²) in [4.78, 5) is 0. The third kappa shape index (κ3) is 1.50. The molecule has 3 unspecified atom stereocenters. The van der Waals surface area contributed by atoms with Crippen molar-refractivity contribution < 1.29 is 36.6 Å². The molecule has 0 aromatic rings. The number of alkyl halides is 6. The molecule has 0 bridgehead atoms. The van der Waals surface area contributed by atoms with Crippen LogP contribution in [0, 0.1) is 11.8 Å². The van der Waals surface area contributed by atoms with Crippen molar-refractivity contribution >= 4 is 0 Å². The molecule has 0 radical (unpaired) electrons. The quantitative estimate of drug-likeness (QED) is 0.731. The third-order valence-electron chi connectivity index (χ3n) is 2.98. The molecule has 0 saturated heterocycles. The number of aliphatic hydroxyl groups excluding tert-OH is 2. The summed E-state index contributed by atoms with van der Waals surface area (Å²) in [6.45, 7) is -2.60. The van der Waals surface area contributed by atoms with Gasteiger partial charge in [-0.2, -0.15) is 13.2 Å². The van der Waals surface area contributed by atoms with Crippen LogP contribution in [0.1, 0.15) is 6.42 Å². The molecule has 8 heteroatoms. The first-order valence-corrected chi connectivity index (χ1v) is 4.48. The van der Waals surface area contributed by atoms with E-state index in [9.17, 15) is 26.3 Å². The Morgan fingerprint density at radius 3 is 1.69 bits per heavy atom. The Bertz CT molecular complexity index is 266. The van der Waals surface area contributed by atoms with Crippen molar-refractivity contribution in [1.82, 2.24) is 0 Å². The Kier molecular flexibility index (Phi) is 3.19. The van der Waals surface area contributed by atoms with E-state index in [0.717, 1.165) is 0 Å². The molecule has 1 rings (SSSR count). The Labute approximate surface area is 86.9 Å². The molecule has 2 nitrogen and oxygen atoms in total. The summed E-state index contributed by atoms with van der Waals surface area (Å²) < 4.78 is 77.0. The van der Waals surface area contributed by atoms with E-state index in [1.54, 1.807) is 0 Å². The minimum atomic E-state index is -5.78. The Morgan fingerprint density at radius 2 is 1.44 bits per heavy atom. The summed E-state index contributed by atoms with van der Waals surface area (Å²) in [5.74, 6) is -9.11. The van der Waals surface area contributed by atoms with Crippen molar-refractivity contribution in [2.45, 2.75) is 24.2 Å². The van der Waals surface area contributed by atoms with Gasteiger partial charge in [0.25, 0.3) is 11.6 Å². The Hall–Kier alpha value is -0.500. The maximum absolute atomic E-state index is 13.6. The van der Waals surface area contributed by atoms with Crippen LogP contribution in [0.2, 0.25) is 0 Å². The second kappa shape index (κ2) is 3.76. The van der Waals surface area contributed by atoms with Gasteiger partial charge in [-0.15, -0.1) is 0 Å². The van der Waals surface area contributed by atoms with E-state index < -0.39 is 49.2 Å². The van der Waals surface area contributed by atoms with Crippen LogP contribution in [0.5, 0.6) is 0 Å². The highest BCUT2D eigenvalue weighted by Gasteiger charge is 2.80. The zero-order valence-corrected chi connectivity index (χ0v) is 7.94. The van der Waals surface area contributed by atoms with Crippen molar-refractivity contribution in [3.05, 3.63) is 0 Å². The van der Waals surface area contributed by atoms with Crippen LogP contribution < -0.4 is 0 Å². The third-order valence-corrected chi connectivity index (χ3v) is 2.98. The van der Waals surface area contributed by atoms with Gasteiger partial charge in [0.1, 0.15) is 0 Å². The molecule has 0 aromatic heterocycles. The van der Waals surface area contributed by atoms with E-state index in [4.69, 9.17) is 10.2 Å². The highest BCUT2D eigenvalue weighted by molar-refractivity contribution is 5.12. The summed E-state index contributed by atoms with van der Waals surface area (Å²) in [5.41, 5.74) is -4.78. The van der Waals surface area contributed by atoms with Crippen molar-refractivity contribution in [2.75, 3.05) is 13.2 Å². The van der Waals surface area contributed by atoms with Crippen molar-refractivity contribution in [3.63, 3.8) is 0 Å². The molecule has 0 spiro atoms. The Balaban J connectivity index is 3.22. The summed E-state index contributed by atoms with van der Waals surface area (Å²) in [6.07, 6.45) is -6.69. The maximum Gasteiger partial charge on any atom is 0.428 e. The van der Waals surface area contributed by atoms with Crippen LogP contribution in [0.4, 0.5) is 26.3 Å². The second-order valence-corrected chi connectivity index (χ2v) is 3.83. The van der Waals surface area contributed by atoms with Gasteiger partial charge in [-0.25, -0.2) is 13.2 Å². The molecule has 16 heavy (non-hydrogen) atoms. The van der Waals surface area contributed by atoms with Crippen LogP contribution in [0.3, 0.4) is 0 Å². The number of aliphatic hydroxyl groups is 2. The van der Waals surface area contributed by atoms with Crippen molar-refractivity contribution in [2.24, 2.45) is 11.8 Å². The summed E-state index contributed by atoms with van der Waals surface area (Å²) in [5, 5.41) is 17.1. The van der Waals surface area contributed by atoms with E-state index in [0.29, 0.717) is 0 Å². The first-order chi connectivity index (χ1) is 7.12. The molecule has 1 aliphatic rings. The van der Waals surface area contributed by atoms with Gasteiger partial charge in [-0.1, -0.05) is 0 Å². The molecule has 0 aromatic carbocycles. The molecular weight excluding hydrogens is 242 g/mol. The van der Waals surface area contributed by atoms with Gasteiger partial charge >= 0.3 is 6.18 Å². The Morgan fingerprint density at radius 1 is 1.00 bits per heavy atom. The van der Waals surface area contributed by atoms with E-state index >= 15 is 0 Å². The molecule has 0 aliphatic heterocycles. The SMILES string of the molecule is OCC1CC(CO)C(F)(C(F)(F)F)C1(F)F. The summed E-state index contributed by atoms with van der Waals surface area (Å²) in [6, 6.07) is 0. The number of rotatable bonds is 2. The monoisotopic (exact) mass is 252 g/mol. The van der Waals surface area contributed by atoms with Gasteiger partial charge in [0.15, 0.2) is 0 Å². The predicted octanol–water partition coefficient (Wildman–Crippen LogP) is 1.51. The minimum absolute atomic E-state index is 0.907. The first kappa shape index (κ1) is 13.6. The van der Waals surface area contributed by atoms with Crippen molar-refractivity contribution in [3.8, 4) is 0 Å². The smallest absolute Gasteiger partial charge is 0.396 e. The number of hydrogen-bond acceptors (Lipinski definition) is 2. The molecule has 1 fully saturated rings. The fourth-order valence-electron chi connectivity index (χ4n) is 2.03. The second-order valence-electron chi connectivity index (χ2n) is 3.83. The lowest BCUT2D eigenvalue weighted by molar-refractivity contribution is -0.312. The van der Waals surface area contributed by atoms with E-state index in [1.165, 1.54) is 0 Å². The first-order valence-electron chi connectivity index (χ1n) is 4.48. The van der Waals surface area contributed by atoms with Gasteiger partial charge in [0, 0.05) is 12.5 Å². The number of halogens is 6. The van der Waals surface area contributed by atoms with Crippen LogP contribution in [-0.2, 0) is 0 Å². The highest BCUT2D eigenvalue weighted by atomic mass is 19.4. The lowest BCUT2D eigenvalue weighted by atomic mass is 9.90. The molecule has 1 aliphatic carbocycles. The van der Waals surface area contributed by atoms with Gasteiger partial charge in [0.2, 0.25) is 0 Å². The fourth-order valence-corrected chi connectivity index (χ4v) is 2.03. The van der Waals surface area contributed by atoms with Crippen LogP contribution >= 0.6 is 0 Å². The average molecular weight is 252 g/mol. The zero-order valence-electron chi connectivity index (χ0n) is 7.94. The standard InChI is InChI=1S/C8H10F6O2/c9-6(8(12,13)14)4(2-15)1-5(3-16)7(6,10)11/h4-5,15-16H,1-3H2. The highest BCUT2D eigenvalue weighted by Crippen LogP contribution is 2.60. The fraction of sp³-hybridized carbons (Fsp3) is 1.00. The normalized spacial score (nSPS) is 39.0. The summed E-state index contributed by atoms with van der Waals surface area (Å²) in [7, 11) is 0. The lowest BCUT2D eigenvalue weighted by Crippen LogP contribution is -2.58. The van der Waals surface area contributed by atoms with Crippen LogP contribution in [0.25, 0.3) is 0 Å². The molecular formula is C8H10F6O2. The number of hydrogen-bond donors (Lipinski definition) is 2. The van der Waals surface area contributed by atoms with Crippen molar-refractivity contribution in [1.29, 1.82) is 0 Å². The molecule has 2 N–H and O–H groups in total. The zero-order chi connectivity index (χ0) is 12.8. The largest absolute Gasteiger partial charge is 0.428 e. The van der Waals surface area contributed by atoms with Crippen LogP contribution in [-0.4, -0.2) is 41.2 Å². The molecule has 3 atom stereocenters. The van der Waals surface area contributed by atoms with Gasteiger partial charge in [-0.3, -0.25) is 0 Å². The predicted molar refractivity (Wildman–Crippen MR) is 40.6 cm³/mol. The van der Waals surface area contributed by atoms with Crippen LogP contribution in [0.15, 0.2) is 0 Å². The lowest BCUT2D eigenvalue weighted by Gasteiger charge is -2.34. The molecule has 96 valence electrons. The van der Waals surface area contributed by atoms with E-state index in [1.807, 2.05) is 0 Å². The average Bonchev–Trinajstić information content (AvgIpc) is 2.35. The maximum atomic E-state index is 13.6. The van der Waals surface area contributed by atoms with E-state index in [-0.39, 0.29) is 0 Å². The summed E-state index contributed by atoms with van der Waals surface area (Å²) >= 11 is 0. The van der Waals surface area contributed by atoms with Gasteiger partial charge in [0.05, 0.1) is 12.5 Å². The minimum Gasteiger partial charge on any atom is -0.396 e. The molecule has 0 amide bonds. The van der Waals surface area contributed by atoms with E-state index in [2.05, 4.69) is 0 Å². The molecule has 1 saturated carbocycles. The molecule has 0 heterocycles. The topological polar surface area (TPSA) is 40.5 Å². The van der Waals surface area contributed by atoms with Gasteiger partial charge < -0.3 is 10.2 Å².